The Hall–Kier alpha value is -2.21. The normalized spacial score (nSPS) is 18.2. The van der Waals surface area contributed by atoms with Gasteiger partial charge in [-0.2, -0.15) is 4.98 Å². The summed E-state index contributed by atoms with van der Waals surface area (Å²) in [5.41, 5.74) is 1.43. The van der Waals surface area contributed by atoms with E-state index >= 15 is 0 Å². The zero-order chi connectivity index (χ0) is 14.8. The average molecular weight is 287 g/mol. The molecule has 1 unspecified atom stereocenters. The maximum Gasteiger partial charge on any atom is 0.257 e. The molecular formula is C15H17N3O3. The summed E-state index contributed by atoms with van der Waals surface area (Å²) in [5, 5.41) is 12.9. The molecule has 6 heteroatoms. The first-order valence-corrected chi connectivity index (χ1v) is 6.98. The zero-order valence-corrected chi connectivity index (χ0v) is 11.8. The molecule has 1 saturated heterocycles. The van der Waals surface area contributed by atoms with E-state index in [1.54, 1.807) is 36.1 Å². The minimum absolute atomic E-state index is 0.000732. The van der Waals surface area contributed by atoms with Crippen molar-refractivity contribution in [1.29, 1.82) is 0 Å². The summed E-state index contributed by atoms with van der Waals surface area (Å²) in [6.45, 7) is 3.23. The van der Waals surface area contributed by atoms with E-state index in [4.69, 9.17) is 9.63 Å². The van der Waals surface area contributed by atoms with Crippen molar-refractivity contribution in [1.82, 2.24) is 15.0 Å². The monoisotopic (exact) mass is 287 g/mol. The molecule has 6 nitrogen and oxygen atoms in total. The fraction of sp³-hybridized carbons (Fsp3) is 0.400. The Kier molecular flexibility index (Phi) is 3.70. The van der Waals surface area contributed by atoms with Crippen LogP contribution in [0, 0.1) is 12.8 Å². The molecule has 0 radical (unpaired) electrons. The topological polar surface area (TPSA) is 79.5 Å². The lowest BCUT2D eigenvalue weighted by Crippen LogP contribution is -2.29. The Morgan fingerprint density at radius 2 is 2.19 bits per heavy atom. The van der Waals surface area contributed by atoms with Crippen molar-refractivity contribution in [2.24, 2.45) is 5.92 Å². The molecule has 1 N–H and O–H groups in total. The molecule has 0 bridgehead atoms. The minimum Gasteiger partial charge on any atom is -0.396 e. The van der Waals surface area contributed by atoms with Crippen LogP contribution in [0.5, 0.6) is 0 Å². The molecule has 0 spiro atoms. The first-order chi connectivity index (χ1) is 10.2. The maximum atomic E-state index is 12.4. The molecule has 1 amide bonds. The van der Waals surface area contributed by atoms with E-state index in [1.165, 1.54) is 0 Å². The van der Waals surface area contributed by atoms with Crippen LogP contribution in [0.25, 0.3) is 11.5 Å². The van der Waals surface area contributed by atoms with Gasteiger partial charge in [-0.15, -0.1) is 0 Å². The number of nitrogens with zero attached hydrogens (tertiary/aromatic N) is 3. The third kappa shape index (κ3) is 2.80. The minimum atomic E-state index is -0.000732. The molecule has 1 aliphatic rings. The summed E-state index contributed by atoms with van der Waals surface area (Å²) >= 11 is 0. The van der Waals surface area contributed by atoms with Crippen LogP contribution in [0.15, 0.2) is 28.8 Å². The second-order valence-electron chi connectivity index (χ2n) is 5.31. The highest BCUT2D eigenvalue weighted by Gasteiger charge is 2.26. The lowest BCUT2D eigenvalue weighted by Gasteiger charge is -2.16. The van der Waals surface area contributed by atoms with Crippen molar-refractivity contribution in [2.45, 2.75) is 13.3 Å². The lowest BCUT2D eigenvalue weighted by atomic mass is 10.1. The number of rotatable bonds is 3. The van der Waals surface area contributed by atoms with E-state index < -0.39 is 0 Å². The third-order valence-corrected chi connectivity index (χ3v) is 3.74. The van der Waals surface area contributed by atoms with Crippen LogP contribution >= 0.6 is 0 Å². The van der Waals surface area contributed by atoms with E-state index in [2.05, 4.69) is 10.1 Å². The second kappa shape index (κ2) is 5.65. The number of aliphatic hydroxyl groups excluding tert-OH is 1. The molecule has 0 aliphatic carbocycles. The molecule has 1 aliphatic heterocycles. The van der Waals surface area contributed by atoms with Crippen LogP contribution in [-0.4, -0.2) is 45.8 Å². The van der Waals surface area contributed by atoms with Crippen molar-refractivity contribution in [3.8, 4) is 11.5 Å². The average Bonchev–Trinajstić information content (AvgIpc) is 3.15. The number of hydrogen-bond donors (Lipinski definition) is 1. The number of carbonyl (C=O) groups is 1. The summed E-state index contributed by atoms with van der Waals surface area (Å²) in [6, 6.07) is 7.15. The third-order valence-electron chi connectivity index (χ3n) is 3.74. The van der Waals surface area contributed by atoms with Gasteiger partial charge in [0.1, 0.15) is 0 Å². The van der Waals surface area contributed by atoms with Gasteiger partial charge in [-0.3, -0.25) is 4.79 Å². The van der Waals surface area contributed by atoms with Gasteiger partial charge in [-0.25, -0.2) is 0 Å². The number of carbonyl (C=O) groups excluding carboxylic acids is 1. The molecule has 1 atom stereocenters. The summed E-state index contributed by atoms with van der Waals surface area (Å²) in [6.07, 6.45) is 0.863. The van der Waals surface area contributed by atoms with E-state index in [-0.39, 0.29) is 18.4 Å². The standard InChI is InChI=1S/C15H17N3O3/c1-10-16-14(21-17-10)12-2-4-13(5-3-12)15(20)18-7-6-11(8-18)9-19/h2-5,11,19H,6-9H2,1H3. The van der Waals surface area contributed by atoms with Gasteiger partial charge in [0, 0.05) is 36.7 Å². The van der Waals surface area contributed by atoms with Gasteiger partial charge < -0.3 is 14.5 Å². The molecule has 1 aromatic carbocycles. The number of aliphatic hydroxyl groups is 1. The molecule has 3 rings (SSSR count). The fourth-order valence-corrected chi connectivity index (χ4v) is 2.52. The first kappa shape index (κ1) is 13.8. The predicted octanol–water partition coefficient (Wildman–Crippen LogP) is 1.50. The van der Waals surface area contributed by atoms with Crippen LogP contribution in [0.1, 0.15) is 22.6 Å². The summed E-state index contributed by atoms with van der Waals surface area (Å²) in [7, 11) is 0. The molecule has 21 heavy (non-hydrogen) atoms. The number of benzene rings is 1. The molecule has 2 aromatic rings. The summed E-state index contributed by atoms with van der Waals surface area (Å²) < 4.78 is 5.09. The van der Waals surface area contributed by atoms with E-state index in [0.717, 1.165) is 12.0 Å². The number of amides is 1. The zero-order valence-electron chi connectivity index (χ0n) is 11.8. The predicted molar refractivity (Wildman–Crippen MR) is 75.6 cm³/mol. The SMILES string of the molecule is Cc1noc(-c2ccc(C(=O)N3CCC(CO)C3)cc2)n1. The van der Waals surface area contributed by atoms with E-state index in [0.29, 0.717) is 30.4 Å². The molecular weight excluding hydrogens is 270 g/mol. The Morgan fingerprint density at radius 1 is 1.43 bits per heavy atom. The number of aryl methyl sites for hydroxylation is 1. The van der Waals surface area contributed by atoms with Crippen molar-refractivity contribution in [2.75, 3.05) is 19.7 Å². The quantitative estimate of drug-likeness (QED) is 0.925. The van der Waals surface area contributed by atoms with Gasteiger partial charge in [0.2, 0.25) is 0 Å². The Morgan fingerprint density at radius 3 is 2.76 bits per heavy atom. The molecule has 1 aromatic heterocycles. The number of hydrogen-bond acceptors (Lipinski definition) is 5. The van der Waals surface area contributed by atoms with Gasteiger partial charge in [0.25, 0.3) is 11.8 Å². The van der Waals surface area contributed by atoms with Crippen molar-refractivity contribution < 1.29 is 14.4 Å². The van der Waals surface area contributed by atoms with Gasteiger partial charge in [-0.1, -0.05) is 5.16 Å². The van der Waals surface area contributed by atoms with Crippen LogP contribution in [0.2, 0.25) is 0 Å². The number of likely N-dealkylation sites (tertiary alicyclic amines) is 1. The van der Waals surface area contributed by atoms with Crippen molar-refractivity contribution >= 4 is 5.91 Å². The van der Waals surface area contributed by atoms with Gasteiger partial charge in [-0.05, 0) is 37.6 Å². The van der Waals surface area contributed by atoms with Crippen LogP contribution in [0.3, 0.4) is 0 Å². The van der Waals surface area contributed by atoms with Crippen molar-refractivity contribution in [3.05, 3.63) is 35.7 Å². The second-order valence-corrected chi connectivity index (χ2v) is 5.31. The van der Waals surface area contributed by atoms with Crippen LogP contribution < -0.4 is 0 Å². The van der Waals surface area contributed by atoms with Crippen molar-refractivity contribution in [3.63, 3.8) is 0 Å². The Balaban J connectivity index is 1.73. The highest BCUT2D eigenvalue weighted by Crippen LogP contribution is 2.21. The molecule has 0 saturated carbocycles. The van der Waals surface area contributed by atoms with Crippen LogP contribution in [-0.2, 0) is 0 Å². The maximum absolute atomic E-state index is 12.4. The summed E-state index contributed by atoms with van der Waals surface area (Å²) in [5.74, 6) is 1.24. The molecule has 1 fully saturated rings. The lowest BCUT2D eigenvalue weighted by molar-refractivity contribution is 0.0782. The van der Waals surface area contributed by atoms with Gasteiger partial charge in [0.15, 0.2) is 5.82 Å². The van der Waals surface area contributed by atoms with Gasteiger partial charge >= 0.3 is 0 Å². The highest BCUT2D eigenvalue weighted by atomic mass is 16.5. The number of aromatic nitrogens is 2. The van der Waals surface area contributed by atoms with E-state index in [1.807, 2.05) is 0 Å². The first-order valence-electron chi connectivity index (χ1n) is 6.98. The Labute approximate surface area is 122 Å². The highest BCUT2D eigenvalue weighted by molar-refractivity contribution is 5.94. The smallest absolute Gasteiger partial charge is 0.257 e. The Bertz CT molecular complexity index is 636. The summed E-state index contributed by atoms with van der Waals surface area (Å²) in [4.78, 5) is 18.3. The van der Waals surface area contributed by atoms with Gasteiger partial charge in [0.05, 0.1) is 0 Å². The molecule has 2 heterocycles. The van der Waals surface area contributed by atoms with Crippen LogP contribution in [0.4, 0.5) is 0 Å². The molecule has 110 valence electrons. The fourth-order valence-electron chi connectivity index (χ4n) is 2.52. The van der Waals surface area contributed by atoms with E-state index in [9.17, 15) is 4.79 Å². The largest absolute Gasteiger partial charge is 0.396 e.